The van der Waals surface area contributed by atoms with E-state index in [1.165, 1.54) is 57.8 Å². The maximum absolute atomic E-state index is 12.9. The van der Waals surface area contributed by atoms with Gasteiger partial charge in [0.05, 0.1) is 12.6 Å². The Morgan fingerprint density at radius 1 is 0.848 bits per heavy atom. The van der Waals surface area contributed by atoms with Crippen molar-refractivity contribution < 1.29 is 15.0 Å². The quantitative estimate of drug-likeness (QED) is 0.0905. The molecule has 0 spiro atoms. The topological polar surface area (TPSA) is 95.6 Å². The van der Waals surface area contributed by atoms with Gasteiger partial charge in [0.2, 0.25) is 0 Å². The third kappa shape index (κ3) is 14.3. The molecular weight excluding hydrogens is 412 g/mol. The molecular formula is C28H56N2O3. The summed E-state index contributed by atoms with van der Waals surface area (Å²) in [7, 11) is 0. The van der Waals surface area contributed by atoms with Crippen LogP contribution in [0.1, 0.15) is 125 Å². The summed E-state index contributed by atoms with van der Waals surface area (Å²) < 4.78 is 0. The van der Waals surface area contributed by atoms with E-state index in [0.29, 0.717) is 6.42 Å². The van der Waals surface area contributed by atoms with Gasteiger partial charge >= 0.3 is 0 Å². The van der Waals surface area contributed by atoms with Crippen LogP contribution < -0.4 is 11.1 Å². The predicted octanol–water partition coefficient (Wildman–Crippen LogP) is 5.87. The SMILES string of the molecule is CCCCCCCCC=CCCCCCCCC(=O)C(O)(NC(CO)C(C)C)[C@@H](N)C(C)C. The molecule has 0 amide bonds. The highest BCUT2D eigenvalue weighted by atomic mass is 16.3. The van der Waals surface area contributed by atoms with Gasteiger partial charge in [-0.05, 0) is 43.9 Å². The van der Waals surface area contributed by atoms with Crippen LogP contribution in [-0.4, -0.2) is 40.4 Å². The molecule has 0 radical (unpaired) electrons. The smallest absolute Gasteiger partial charge is 0.191 e. The molecule has 0 aliphatic carbocycles. The molecule has 0 aromatic heterocycles. The minimum Gasteiger partial charge on any atom is -0.395 e. The van der Waals surface area contributed by atoms with Crippen molar-refractivity contribution in [3.05, 3.63) is 12.2 Å². The summed E-state index contributed by atoms with van der Waals surface area (Å²) in [5, 5.41) is 23.8. The molecule has 3 atom stereocenters. The number of unbranched alkanes of at least 4 members (excludes halogenated alkanes) is 11. The number of hydrogen-bond acceptors (Lipinski definition) is 5. The Kier molecular flexibility index (Phi) is 19.1. The van der Waals surface area contributed by atoms with Crippen LogP contribution in [0.3, 0.4) is 0 Å². The molecule has 196 valence electrons. The molecule has 5 heteroatoms. The lowest BCUT2D eigenvalue weighted by Crippen LogP contribution is -2.68. The summed E-state index contributed by atoms with van der Waals surface area (Å²) in [5.41, 5.74) is 4.43. The lowest BCUT2D eigenvalue weighted by Gasteiger charge is -2.39. The maximum Gasteiger partial charge on any atom is 0.191 e. The molecule has 0 fully saturated rings. The fraction of sp³-hybridized carbons (Fsp3) is 0.893. The van der Waals surface area contributed by atoms with Crippen molar-refractivity contribution in [2.24, 2.45) is 17.6 Å². The molecule has 5 nitrogen and oxygen atoms in total. The van der Waals surface area contributed by atoms with Crippen molar-refractivity contribution in [3.63, 3.8) is 0 Å². The largest absolute Gasteiger partial charge is 0.395 e. The van der Waals surface area contributed by atoms with E-state index in [9.17, 15) is 15.0 Å². The molecule has 0 bridgehead atoms. The van der Waals surface area contributed by atoms with Gasteiger partial charge in [-0.15, -0.1) is 0 Å². The van der Waals surface area contributed by atoms with E-state index in [1.54, 1.807) is 0 Å². The van der Waals surface area contributed by atoms with Crippen LogP contribution >= 0.6 is 0 Å². The molecule has 0 aromatic carbocycles. The first-order valence-electron chi connectivity index (χ1n) is 13.7. The lowest BCUT2D eigenvalue weighted by atomic mass is 9.86. The van der Waals surface area contributed by atoms with E-state index in [2.05, 4.69) is 24.4 Å². The van der Waals surface area contributed by atoms with Gasteiger partial charge in [0.1, 0.15) is 0 Å². The first kappa shape index (κ1) is 32.2. The molecule has 0 heterocycles. The number of Topliss-reactive ketones (excluding diaryl/α,β-unsaturated/α-hetero) is 1. The fourth-order valence-electron chi connectivity index (χ4n) is 4.10. The molecule has 0 saturated carbocycles. The van der Waals surface area contributed by atoms with Gasteiger partial charge < -0.3 is 15.9 Å². The summed E-state index contributed by atoms with van der Waals surface area (Å²) in [6, 6.07) is -1.10. The minimum absolute atomic E-state index is 0.0629. The monoisotopic (exact) mass is 468 g/mol. The van der Waals surface area contributed by atoms with Gasteiger partial charge in [-0.2, -0.15) is 0 Å². The van der Waals surface area contributed by atoms with Gasteiger partial charge in [-0.1, -0.05) is 98.1 Å². The van der Waals surface area contributed by atoms with E-state index in [-0.39, 0.29) is 30.3 Å². The van der Waals surface area contributed by atoms with Gasteiger partial charge in [-0.25, -0.2) is 0 Å². The lowest BCUT2D eigenvalue weighted by molar-refractivity contribution is -0.148. The number of rotatable bonds is 22. The van der Waals surface area contributed by atoms with Crippen molar-refractivity contribution in [2.75, 3.05) is 6.61 Å². The Morgan fingerprint density at radius 3 is 1.79 bits per heavy atom. The summed E-state index contributed by atoms with van der Waals surface area (Å²) in [6.45, 7) is 9.80. The Morgan fingerprint density at radius 2 is 1.33 bits per heavy atom. The van der Waals surface area contributed by atoms with Gasteiger partial charge in [0.25, 0.3) is 0 Å². The zero-order chi connectivity index (χ0) is 25.1. The van der Waals surface area contributed by atoms with Gasteiger partial charge in [-0.3, -0.25) is 10.1 Å². The fourth-order valence-corrected chi connectivity index (χ4v) is 4.10. The number of nitrogens with one attached hydrogen (secondary N) is 1. The zero-order valence-electron chi connectivity index (χ0n) is 22.5. The first-order chi connectivity index (χ1) is 15.7. The molecule has 2 unspecified atom stereocenters. The number of carbonyl (C=O) groups excluding carboxylic acids is 1. The van der Waals surface area contributed by atoms with Crippen LogP contribution in [0.5, 0.6) is 0 Å². The number of aliphatic hydroxyl groups is 2. The molecule has 5 N–H and O–H groups in total. The number of hydrogen-bond donors (Lipinski definition) is 4. The second-order valence-corrected chi connectivity index (χ2v) is 10.5. The Hall–Kier alpha value is -0.750. The normalized spacial score (nSPS) is 15.9. The number of carbonyl (C=O) groups is 1. The Bertz CT molecular complexity index is 507. The van der Waals surface area contributed by atoms with Crippen LogP contribution in [0.4, 0.5) is 0 Å². The Labute approximate surface area is 205 Å². The van der Waals surface area contributed by atoms with Gasteiger partial charge in [0.15, 0.2) is 11.5 Å². The van der Waals surface area contributed by atoms with Crippen LogP contribution in [0.15, 0.2) is 12.2 Å². The maximum atomic E-state index is 12.9. The highest BCUT2D eigenvalue weighted by Crippen LogP contribution is 2.21. The molecule has 0 aliphatic heterocycles. The van der Waals surface area contributed by atoms with Crippen LogP contribution in [0, 0.1) is 11.8 Å². The summed E-state index contributed by atoms with van der Waals surface area (Å²) in [6.07, 6.45) is 20.6. The summed E-state index contributed by atoms with van der Waals surface area (Å²) in [5.74, 6) is -0.249. The molecule has 0 aromatic rings. The third-order valence-corrected chi connectivity index (χ3v) is 6.70. The summed E-state index contributed by atoms with van der Waals surface area (Å²) >= 11 is 0. The van der Waals surface area contributed by atoms with E-state index in [0.717, 1.165) is 25.7 Å². The first-order valence-corrected chi connectivity index (χ1v) is 13.7. The average Bonchev–Trinajstić information content (AvgIpc) is 2.78. The highest BCUT2D eigenvalue weighted by Gasteiger charge is 2.44. The molecule has 0 aliphatic rings. The number of allylic oxidation sites excluding steroid dienone is 2. The molecule has 0 saturated heterocycles. The van der Waals surface area contributed by atoms with Crippen LogP contribution in [0.2, 0.25) is 0 Å². The second-order valence-electron chi connectivity index (χ2n) is 10.5. The summed E-state index contributed by atoms with van der Waals surface area (Å²) in [4.78, 5) is 12.9. The van der Waals surface area contributed by atoms with Crippen LogP contribution in [0.25, 0.3) is 0 Å². The Balaban J connectivity index is 4.15. The van der Waals surface area contributed by atoms with Gasteiger partial charge in [0, 0.05) is 12.5 Å². The second kappa shape index (κ2) is 19.5. The van der Waals surface area contributed by atoms with Crippen molar-refractivity contribution in [1.82, 2.24) is 5.32 Å². The molecule has 0 rings (SSSR count). The van der Waals surface area contributed by atoms with E-state index in [1.807, 2.05) is 27.7 Å². The highest BCUT2D eigenvalue weighted by molar-refractivity contribution is 5.87. The van der Waals surface area contributed by atoms with E-state index < -0.39 is 11.8 Å². The molecule has 33 heavy (non-hydrogen) atoms. The number of aliphatic hydroxyl groups excluding tert-OH is 1. The third-order valence-electron chi connectivity index (χ3n) is 6.70. The van der Waals surface area contributed by atoms with Crippen LogP contribution in [-0.2, 0) is 4.79 Å². The minimum atomic E-state index is -1.80. The van der Waals surface area contributed by atoms with Crippen molar-refractivity contribution in [2.45, 2.75) is 142 Å². The average molecular weight is 469 g/mol. The number of nitrogens with two attached hydrogens (primary N) is 1. The number of ketones is 1. The van der Waals surface area contributed by atoms with Crippen molar-refractivity contribution in [3.8, 4) is 0 Å². The van der Waals surface area contributed by atoms with Crippen molar-refractivity contribution in [1.29, 1.82) is 0 Å². The van der Waals surface area contributed by atoms with E-state index >= 15 is 0 Å². The zero-order valence-corrected chi connectivity index (χ0v) is 22.5. The predicted molar refractivity (Wildman–Crippen MR) is 141 cm³/mol. The van der Waals surface area contributed by atoms with Crippen molar-refractivity contribution >= 4 is 5.78 Å². The van der Waals surface area contributed by atoms with E-state index in [4.69, 9.17) is 5.73 Å². The standard InChI is InChI=1S/C28H56N2O3/c1-6-7-8-9-10-11-12-13-14-15-16-17-18-19-20-21-26(32)28(33,27(29)24(4)5)30-25(22-31)23(2)3/h13-14,23-25,27,30-31,33H,6-12,15-22,29H2,1-5H3/t25?,27-,28?/m0/s1.